The minimum absolute atomic E-state index is 0.0459. The number of nitrogens with one attached hydrogen (secondary N) is 1. The first-order chi connectivity index (χ1) is 6.65. The Labute approximate surface area is 83.6 Å². The summed E-state index contributed by atoms with van der Waals surface area (Å²) in [5.74, 6) is -0.304. The number of nitrogens with zero attached hydrogens (tertiary/aromatic N) is 1. The van der Waals surface area contributed by atoms with E-state index in [4.69, 9.17) is 5.73 Å². The molecular formula is C9H17N3O2. The zero-order valence-electron chi connectivity index (χ0n) is 8.45. The number of likely N-dealkylation sites (tertiary alicyclic amines) is 1. The summed E-state index contributed by atoms with van der Waals surface area (Å²) in [5, 5.41) is 2.73. The van der Waals surface area contributed by atoms with Crippen molar-refractivity contribution in [3.8, 4) is 0 Å². The number of nitrogens with two attached hydrogens (primary N) is 1. The van der Waals surface area contributed by atoms with E-state index in [2.05, 4.69) is 5.32 Å². The van der Waals surface area contributed by atoms with Crippen molar-refractivity contribution in [2.45, 2.75) is 19.8 Å². The monoisotopic (exact) mass is 199 g/mol. The third-order valence-corrected chi connectivity index (χ3v) is 2.51. The van der Waals surface area contributed by atoms with E-state index in [-0.39, 0.29) is 17.9 Å². The molecule has 5 nitrogen and oxygen atoms in total. The van der Waals surface area contributed by atoms with Crippen molar-refractivity contribution < 1.29 is 9.59 Å². The van der Waals surface area contributed by atoms with Crippen molar-refractivity contribution in [3.05, 3.63) is 0 Å². The van der Waals surface area contributed by atoms with Gasteiger partial charge in [0.15, 0.2) is 0 Å². The number of hydrogen-bond donors (Lipinski definition) is 2. The van der Waals surface area contributed by atoms with Crippen LogP contribution in [0.2, 0.25) is 0 Å². The molecule has 80 valence electrons. The molecule has 3 N–H and O–H groups in total. The summed E-state index contributed by atoms with van der Waals surface area (Å²) >= 11 is 0. The van der Waals surface area contributed by atoms with Gasteiger partial charge < -0.3 is 16.0 Å². The molecule has 0 aromatic rings. The van der Waals surface area contributed by atoms with Gasteiger partial charge in [0.25, 0.3) is 0 Å². The quantitative estimate of drug-likeness (QED) is 0.652. The highest BCUT2D eigenvalue weighted by Gasteiger charge is 2.25. The lowest BCUT2D eigenvalue weighted by molar-refractivity contribution is -0.122. The summed E-state index contributed by atoms with van der Waals surface area (Å²) in [4.78, 5) is 24.0. The van der Waals surface area contributed by atoms with E-state index in [1.165, 1.54) is 0 Å². The van der Waals surface area contributed by atoms with E-state index in [0.717, 1.165) is 0 Å². The van der Waals surface area contributed by atoms with Gasteiger partial charge in [0, 0.05) is 25.6 Å². The fraction of sp³-hybridized carbons (Fsp3) is 0.778. The summed E-state index contributed by atoms with van der Waals surface area (Å²) in [6.45, 7) is 3.77. The van der Waals surface area contributed by atoms with Crippen molar-refractivity contribution in [3.63, 3.8) is 0 Å². The minimum atomic E-state index is -0.249. The molecule has 0 atom stereocenters. The van der Waals surface area contributed by atoms with Gasteiger partial charge in [0.1, 0.15) is 0 Å². The number of primary amides is 1. The normalized spacial score (nSPS) is 17.9. The molecule has 1 aliphatic rings. The first-order valence-electron chi connectivity index (χ1n) is 4.97. The van der Waals surface area contributed by atoms with E-state index in [9.17, 15) is 9.59 Å². The van der Waals surface area contributed by atoms with E-state index in [1.807, 2.05) is 6.92 Å². The van der Waals surface area contributed by atoms with Crippen LogP contribution in [0.25, 0.3) is 0 Å². The SMILES string of the molecule is CCNC(=O)N1CCC(C(N)=O)CC1. The van der Waals surface area contributed by atoms with Gasteiger partial charge in [-0.2, -0.15) is 0 Å². The molecule has 1 saturated heterocycles. The lowest BCUT2D eigenvalue weighted by atomic mass is 9.96. The second kappa shape index (κ2) is 4.83. The molecule has 0 spiro atoms. The smallest absolute Gasteiger partial charge is 0.317 e. The molecule has 0 aliphatic carbocycles. The molecule has 1 fully saturated rings. The Hall–Kier alpha value is -1.26. The second-order valence-corrected chi connectivity index (χ2v) is 3.50. The van der Waals surface area contributed by atoms with Gasteiger partial charge in [-0.05, 0) is 19.8 Å². The molecule has 5 heteroatoms. The maximum absolute atomic E-state index is 11.4. The van der Waals surface area contributed by atoms with Gasteiger partial charge in [0.2, 0.25) is 5.91 Å². The summed E-state index contributed by atoms with van der Waals surface area (Å²) in [7, 11) is 0. The van der Waals surface area contributed by atoms with Crippen LogP contribution in [0.15, 0.2) is 0 Å². The van der Waals surface area contributed by atoms with Crippen molar-refractivity contribution in [1.82, 2.24) is 10.2 Å². The van der Waals surface area contributed by atoms with Crippen LogP contribution in [-0.4, -0.2) is 36.5 Å². The summed E-state index contributed by atoms with van der Waals surface area (Å²) in [5.41, 5.74) is 5.19. The number of rotatable bonds is 2. The Morgan fingerprint density at radius 1 is 1.43 bits per heavy atom. The third-order valence-electron chi connectivity index (χ3n) is 2.51. The Bertz CT molecular complexity index is 222. The van der Waals surface area contributed by atoms with Crippen LogP contribution >= 0.6 is 0 Å². The average molecular weight is 199 g/mol. The van der Waals surface area contributed by atoms with Gasteiger partial charge in [0.05, 0.1) is 0 Å². The Morgan fingerprint density at radius 3 is 2.43 bits per heavy atom. The van der Waals surface area contributed by atoms with E-state index in [1.54, 1.807) is 4.90 Å². The maximum Gasteiger partial charge on any atom is 0.317 e. The zero-order valence-corrected chi connectivity index (χ0v) is 8.45. The predicted molar refractivity (Wildman–Crippen MR) is 52.6 cm³/mol. The first-order valence-corrected chi connectivity index (χ1v) is 4.97. The summed E-state index contributed by atoms with van der Waals surface area (Å²) < 4.78 is 0. The zero-order chi connectivity index (χ0) is 10.6. The summed E-state index contributed by atoms with van der Waals surface area (Å²) in [6.07, 6.45) is 1.37. The Morgan fingerprint density at radius 2 is 2.00 bits per heavy atom. The molecule has 0 radical (unpaired) electrons. The van der Waals surface area contributed by atoms with Gasteiger partial charge in [-0.25, -0.2) is 4.79 Å². The summed E-state index contributed by atoms with van der Waals surface area (Å²) in [6, 6.07) is -0.0459. The van der Waals surface area contributed by atoms with Crippen LogP contribution in [0.3, 0.4) is 0 Å². The van der Waals surface area contributed by atoms with Crippen molar-refractivity contribution >= 4 is 11.9 Å². The molecule has 3 amide bonds. The first kappa shape index (κ1) is 10.8. The van der Waals surface area contributed by atoms with Crippen LogP contribution < -0.4 is 11.1 Å². The van der Waals surface area contributed by atoms with Crippen LogP contribution in [0.5, 0.6) is 0 Å². The molecule has 1 rings (SSSR count). The van der Waals surface area contributed by atoms with Crippen LogP contribution in [0, 0.1) is 5.92 Å². The Kier molecular flexibility index (Phi) is 3.73. The predicted octanol–water partition coefficient (Wildman–Crippen LogP) is -0.0868. The van der Waals surface area contributed by atoms with E-state index < -0.39 is 0 Å². The molecule has 0 saturated carbocycles. The van der Waals surface area contributed by atoms with Gasteiger partial charge >= 0.3 is 6.03 Å². The highest BCUT2D eigenvalue weighted by molar-refractivity contribution is 5.78. The number of amides is 3. The maximum atomic E-state index is 11.4. The molecule has 0 aromatic heterocycles. The molecule has 1 heterocycles. The molecular weight excluding hydrogens is 182 g/mol. The highest BCUT2D eigenvalue weighted by atomic mass is 16.2. The molecule has 0 aromatic carbocycles. The van der Waals surface area contributed by atoms with Crippen LogP contribution in [0.4, 0.5) is 4.79 Å². The van der Waals surface area contributed by atoms with Gasteiger partial charge in [-0.1, -0.05) is 0 Å². The number of piperidine rings is 1. The number of hydrogen-bond acceptors (Lipinski definition) is 2. The van der Waals surface area contributed by atoms with Crippen molar-refractivity contribution in [2.75, 3.05) is 19.6 Å². The van der Waals surface area contributed by atoms with Crippen molar-refractivity contribution in [2.24, 2.45) is 11.7 Å². The van der Waals surface area contributed by atoms with E-state index >= 15 is 0 Å². The largest absolute Gasteiger partial charge is 0.369 e. The topological polar surface area (TPSA) is 75.4 Å². The standard InChI is InChI=1S/C9H17N3O2/c1-2-11-9(14)12-5-3-7(4-6-12)8(10)13/h7H,2-6H2,1H3,(H2,10,13)(H,11,14). The molecule has 1 aliphatic heterocycles. The highest BCUT2D eigenvalue weighted by Crippen LogP contribution is 2.16. The number of urea groups is 1. The van der Waals surface area contributed by atoms with Crippen molar-refractivity contribution in [1.29, 1.82) is 0 Å². The lowest BCUT2D eigenvalue weighted by Gasteiger charge is -2.30. The third kappa shape index (κ3) is 2.61. The van der Waals surface area contributed by atoms with Gasteiger partial charge in [-0.15, -0.1) is 0 Å². The minimum Gasteiger partial charge on any atom is -0.369 e. The second-order valence-electron chi connectivity index (χ2n) is 3.50. The van der Waals surface area contributed by atoms with Crippen LogP contribution in [0.1, 0.15) is 19.8 Å². The molecule has 0 bridgehead atoms. The Balaban J connectivity index is 2.35. The number of carbonyl (C=O) groups is 2. The molecule has 0 unspecified atom stereocenters. The lowest BCUT2D eigenvalue weighted by Crippen LogP contribution is -2.46. The molecule has 14 heavy (non-hydrogen) atoms. The average Bonchev–Trinajstić information content (AvgIpc) is 2.18. The fourth-order valence-electron chi connectivity index (χ4n) is 1.63. The van der Waals surface area contributed by atoms with Crippen LogP contribution in [-0.2, 0) is 4.79 Å². The fourth-order valence-corrected chi connectivity index (χ4v) is 1.63. The van der Waals surface area contributed by atoms with Gasteiger partial charge in [-0.3, -0.25) is 4.79 Å². The van der Waals surface area contributed by atoms with E-state index in [0.29, 0.717) is 32.5 Å². The number of carbonyl (C=O) groups excluding carboxylic acids is 2.